The van der Waals surface area contributed by atoms with Crippen molar-refractivity contribution in [2.75, 3.05) is 5.32 Å². The van der Waals surface area contributed by atoms with Gasteiger partial charge in [-0.05, 0) is 30.2 Å². The quantitative estimate of drug-likeness (QED) is 0.847. The molecular weight excluding hydrogens is 315 g/mol. The fourth-order valence-electron chi connectivity index (χ4n) is 1.98. The van der Waals surface area contributed by atoms with Gasteiger partial charge in [0, 0.05) is 11.4 Å². The first-order valence-electron chi connectivity index (χ1n) is 6.57. The third-order valence-electron chi connectivity index (χ3n) is 3.04. The highest BCUT2D eigenvalue weighted by atomic mass is 35.5. The van der Waals surface area contributed by atoms with Crippen LogP contribution in [0.5, 0.6) is 0 Å². The summed E-state index contributed by atoms with van der Waals surface area (Å²) in [5.74, 6) is -0.475. The first-order valence-corrected chi connectivity index (χ1v) is 6.94. The summed E-state index contributed by atoms with van der Waals surface area (Å²) in [7, 11) is 0. The van der Waals surface area contributed by atoms with E-state index in [0.717, 1.165) is 17.7 Å². The Hall–Kier alpha value is -2.01. The zero-order valence-corrected chi connectivity index (χ0v) is 12.2. The van der Waals surface area contributed by atoms with Crippen molar-refractivity contribution in [3.8, 4) is 0 Å². The zero-order valence-electron chi connectivity index (χ0n) is 11.5. The van der Waals surface area contributed by atoms with Crippen molar-refractivity contribution >= 4 is 23.2 Å². The number of carbonyl (C=O) groups excluding carboxylic acids is 1. The van der Waals surface area contributed by atoms with Gasteiger partial charge in [-0.2, -0.15) is 13.2 Å². The van der Waals surface area contributed by atoms with Crippen molar-refractivity contribution in [1.82, 2.24) is 0 Å². The second-order valence-electron chi connectivity index (χ2n) is 4.72. The molecule has 6 heteroatoms. The smallest absolute Gasteiger partial charge is 0.325 e. The molecule has 0 heterocycles. The van der Waals surface area contributed by atoms with Crippen LogP contribution in [0.3, 0.4) is 0 Å². The van der Waals surface area contributed by atoms with Crippen molar-refractivity contribution in [3.05, 3.63) is 64.7 Å². The SMILES string of the molecule is O=C(CCc1ccccc1)Nc1ccc(Cl)cc1C(F)(F)F. The van der Waals surface area contributed by atoms with E-state index in [1.165, 1.54) is 6.07 Å². The molecule has 0 atom stereocenters. The summed E-state index contributed by atoms with van der Waals surface area (Å²) in [5, 5.41) is 2.26. The van der Waals surface area contributed by atoms with Crippen LogP contribution in [0.1, 0.15) is 17.5 Å². The number of rotatable bonds is 4. The van der Waals surface area contributed by atoms with E-state index in [1.54, 1.807) is 0 Å². The van der Waals surface area contributed by atoms with E-state index in [9.17, 15) is 18.0 Å². The van der Waals surface area contributed by atoms with Crippen LogP contribution in [0, 0.1) is 0 Å². The fraction of sp³-hybridized carbons (Fsp3) is 0.188. The van der Waals surface area contributed by atoms with E-state index in [4.69, 9.17) is 11.6 Å². The molecule has 0 saturated heterocycles. The van der Waals surface area contributed by atoms with Crippen LogP contribution in [-0.4, -0.2) is 5.91 Å². The van der Waals surface area contributed by atoms with Crippen LogP contribution in [0.4, 0.5) is 18.9 Å². The number of hydrogen-bond donors (Lipinski definition) is 1. The van der Waals surface area contributed by atoms with Gasteiger partial charge in [0.15, 0.2) is 0 Å². The number of nitrogens with one attached hydrogen (secondary N) is 1. The number of amides is 1. The Morgan fingerprint density at radius 1 is 1.09 bits per heavy atom. The molecule has 0 aliphatic rings. The Balaban J connectivity index is 2.06. The molecule has 116 valence electrons. The van der Waals surface area contributed by atoms with E-state index in [2.05, 4.69) is 5.32 Å². The van der Waals surface area contributed by atoms with Crippen molar-refractivity contribution in [3.63, 3.8) is 0 Å². The summed E-state index contributed by atoms with van der Waals surface area (Å²) in [6.45, 7) is 0. The Labute approximate surface area is 130 Å². The molecule has 0 saturated carbocycles. The lowest BCUT2D eigenvalue weighted by Crippen LogP contribution is -2.17. The highest BCUT2D eigenvalue weighted by molar-refractivity contribution is 6.30. The first kappa shape index (κ1) is 16.4. The van der Waals surface area contributed by atoms with Gasteiger partial charge in [0.1, 0.15) is 0 Å². The third-order valence-corrected chi connectivity index (χ3v) is 3.28. The van der Waals surface area contributed by atoms with E-state index in [-0.39, 0.29) is 17.1 Å². The highest BCUT2D eigenvalue weighted by Gasteiger charge is 2.34. The second-order valence-corrected chi connectivity index (χ2v) is 5.16. The Bertz CT molecular complexity index is 656. The van der Waals surface area contributed by atoms with E-state index in [1.807, 2.05) is 30.3 Å². The molecule has 22 heavy (non-hydrogen) atoms. The van der Waals surface area contributed by atoms with Crippen molar-refractivity contribution in [2.45, 2.75) is 19.0 Å². The summed E-state index contributed by atoms with van der Waals surface area (Å²) in [6, 6.07) is 12.5. The van der Waals surface area contributed by atoms with Gasteiger partial charge in [0.25, 0.3) is 0 Å². The molecule has 2 aromatic rings. The first-order chi connectivity index (χ1) is 10.4. The molecule has 2 nitrogen and oxygen atoms in total. The third kappa shape index (κ3) is 4.49. The minimum atomic E-state index is -4.58. The topological polar surface area (TPSA) is 29.1 Å². The average Bonchev–Trinajstić information content (AvgIpc) is 2.47. The second kappa shape index (κ2) is 6.83. The van der Waals surface area contributed by atoms with E-state index >= 15 is 0 Å². The molecule has 0 radical (unpaired) electrons. The fourth-order valence-corrected chi connectivity index (χ4v) is 2.15. The average molecular weight is 328 g/mol. The summed E-state index contributed by atoms with van der Waals surface area (Å²) >= 11 is 5.59. The lowest BCUT2D eigenvalue weighted by Gasteiger charge is -2.14. The number of halogens is 4. The van der Waals surface area contributed by atoms with Crippen LogP contribution in [-0.2, 0) is 17.4 Å². The molecule has 1 N–H and O–H groups in total. The number of anilines is 1. The minimum absolute atomic E-state index is 0.0328. The molecule has 0 aromatic heterocycles. The number of alkyl halides is 3. The minimum Gasteiger partial charge on any atom is -0.325 e. The lowest BCUT2D eigenvalue weighted by molar-refractivity contribution is -0.137. The van der Waals surface area contributed by atoms with Crippen LogP contribution in [0.15, 0.2) is 48.5 Å². The van der Waals surface area contributed by atoms with Gasteiger partial charge in [0.2, 0.25) is 5.91 Å². The number of hydrogen-bond acceptors (Lipinski definition) is 1. The normalized spacial score (nSPS) is 11.3. The molecule has 2 aromatic carbocycles. The van der Waals surface area contributed by atoms with Crippen molar-refractivity contribution in [1.29, 1.82) is 0 Å². The maximum Gasteiger partial charge on any atom is 0.418 e. The monoisotopic (exact) mass is 327 g/mol. The summed E-state index contributed by atoms with van der Waals surface area (Å²) in [4.78, 5) is 11.8. The van der Waals surface area contributed by atoms with Crippen LogP contribution in [0.25, 0.3) is 0 Å². The van der Waals surface area contributed by atoms with Crippen LogP contribution in [0.2, 0.25) is 5.02 Å². The standard InChI is InChI=1S/C16H13ClF3NO/c17-12-7-8-14(13(10-12)16(18,19)20)21-15(22)9-6-11-4-2-1-3-5-11/h1-5,7-8,10H,6,9H2,(H,21,22). The molecule has 2 rings (SSSR count). The maximum atomic E-state index is 12.9. The van der Waals surface area contributed by atoms with Gasteiger partial charge in [-0.25, -0.2) is 0 Å². The number of benzene rings is 2. The Morgan fingerprint density at radius 3 is 2.41 bits per heavy atom. The van der Waals surface area contributed by atoms with Crippen LogP contribution >= 0.6 is 11.6 Å². The molecule has 0 fully saturated rings. The number of aryl methyl sites for hydroxylation is 1. The van der Waals surface area contributed by atoms with Crippen molar-refractivity contribution in [2.24, 2.45) is 0 Å². The summed E-state index contributed by atoms with van der Waals surface area (Å²) in [5.41, 5.74) is -0.284. The number of carbonyl (C=O) groups is 1. The highest BCUT2D eigenvalue weighted by Crippen LogP contribution is 2.36. The largest absolute Gasteiger partial charge is 0.418 e. The molecular formula is C16H13ClF3NO. The summed E-state index contributed by atoms with van der Waals surface area (Å²) < 4.78 is 38.8. The van der Waals surface area contributed by atoms with Crippen molar-refractivity contribution < 1.29 is 18.0 Å². The van der Waals surface area contributed by atoms with Gasteiger partial charge in [0.05, 0.1) is 11.3 Å². The van der Waals surface area contributed by atoms with Gasteiger partial charge in [-0.15, -0.1) is 0 Å². The lowest BCUT2D eigenvalue weighted by atomic mass is 10.1. The molecule has 0 unspecified atom stereocenters. The van der Waals surface area contributed by atoms with Gasteiger partial charge in [-0.3, -0.25) is 4.79 Å². The maximum absolute atomic E-state index is 12.9. The van der Waals surface area contributed by atoms with E-state index < -0.39 is 17.6 Å². The molecule has 0 spiro atoms. The molecule has 0 aliphatic carbocycles. The van der Waals surface area contributed by atoms with Gasteiger partial charge < -0.3 is 5.32 Å². The molecule has 0 aliphatic heterocycles. The Morgan fingerprint density at radius 2 is 1.77 bits per heavy atom. The predicted octanol–water partition coefficient (Wildman–Crippen LogP) is 4.93. The van der Waals surface area contributed by atoms with Gasteiger partial charge in [-0.1, -0.05) is 41.9 Å². The van der Waals surface area contributed by atoms with Gasteiger partial charge >= 0.3 is 6.18 Å². The van der Waals surface area contributed by atoms with Crippen LogP contribution < -0.4 is 5.32 Å². The summed E-state index contributed by atoms with van der Waals surface area (Å²) in [6.07, 6.45) is -4.02. The zero-order chi connectivity index (χ0) is 16.2. The van der Waals surface area contributed by atoms with E-state index in [0.29, 0.717) is 6.42 Å². The Kier molecular flexibility index (Phi) is 5.08. The predicted molar refractivity (Wildman–Crippen MR) is 79.8 cm³/mol. The molecule has 0 bridgehead atoms. The molecule has 1 amide bonds.